The lowest BCUT2D eigenvalue weighted by Gasteiger charge is -2.21. The standard InChI is InChI=1S/C26H32N4O6/c1-33-21-6-4-5-20(15-21)17-30-13-12-22(18-30)35-26(32)28-23-10-8-19(16-27-23)9-11-24(31)29-36-25-7-2-3-14-34-25/h4-6,8-11,15-16,22,25H,2-3,7,12-14,17-18H2,1H3,(H,29,31)(H,27,28,32)/b11-9+/t22-,25?/m1/s1. The Labute approximate surface area is 210 Å². The second-order valence-electron chi connectivity index (χ2n) is 8.72. The predicted molar refractivity (Wildman–Crippen MR) is 133 cm³/mol. The summed E-state index contributed by atoms with van der Waals surface area (Å²) in [6.45, 7) is 2.92. The minimum Gasteiger partial charge on any atom is -0.497 e. The highest BCUT2D eigenvalue weighted by Gasteiger charge is 2.26. The van der Waals surface area contributed by atoms with Crippen LogP contribution in [0.25, 0.3) is 6.08 Å². The average molecular weight is 497 g/mol. The third-order valence-electron chi connectivity index (χ3n) is 5.92. The number of anilines is 1. The van der Waals surface area contributed by atoms with Gasteiger partial charge in [-0.1, -0.05) is 12.1 Å². The van der Waals surface area contributed by atoms with E-state index >= 15 is 0 Å². The van der Waals surface area contributed by atoms with Crippen molar-refractivity contribution in [2.24, 2.45) is 0 Å². The maximum Gasteiger partial charge on any atom is 0.413 e. The fourth-order valence-electron chi connectivity index (χ4n) is 4.06. The van der Waals surface area contributed by atoms with E-state index in [0.29, 0.717) is 24.5 Å². The van der Waals surface area contributed by atoms with Gasteiger partial charge in [-0.15, -0.1) is 0 Å². The topological polar surface area (TPSA) is 111 Å². The van der Waals surface area contributed by atoms with Crippen LogP contribution in [0.3, 0.4) is 0 Å². The number of hydrogen-bond donors (Lipinski definition) is 2. The van der Waals surface area contributed by atoms with E-state index in [2.05, 4.69) is 26.7 Å². The van der Waals surface area contributed by atoms with Crippen LogP contribution in [0.2, 0.25) is 0 Å². The number of ether oxygens (including phenoxy) is 3. The summed E-state index contributed by atoms with van der Waals surface area (Å²) in [5.41, 5.74) is 4.21. The summed E-state index contributed by atoms with van der Waals surface area (Å²) < 4.78 is 16.2. The second kappa shape index (κ2) is 13.0. The summed E-state index contributed by atoms with van der Waals surface area (Å²) >= 11 is 0. The van der Waals surface area contributed by atoms with Gasteiger partial charge in [-0.05, 0) is 60.7 Å². The van der Waals surface area contributed by atoms with Gasteiger partial charge in [0, 0.05) is 44.9 Å². The summed E-state index contributed by atoms with van der Waals surface area (Å²) in [6, 6.07) is 11.3. The van der Waals surface area contributed by atoms with Crippen LogP contribution in [-0.4, -0.2) is 61.1 Å². The largest absolute Gasteiger partial charge is 0.497 e. The zero-order valence-electron chi connectivity index (χ0n) is 20.4. The molecule has 192 valence electrons. The molecule has 10 nitrogen and oxygen atoms in total. The average Bonchev–Trinajstić information content (AvgIpc) is 3.34. The first-order valence-electron chi connectivity index (χ1n) is 12.1. The van der Waals surface area contributed by atoms with E-state index in [1.54, 1.807) is 31.5 Å². The van der Waals surface area contributed by atoms with Crippen molar-refractivity contribution in [2.45, 2.75) is 44.6 Å². The summed E-state index contributed by atoms with van der Waals surface area (Å²) in [6.07, 6.45) is 6.92. The van der Waals surface area contributed by atoms with Crippen molar-refractivity contribution >= 4 is 23.9 Å². The van der Waals surface area contributed by atoms with Crippen LogP contribution in [0.15, 0.2) is 48.7 Å². The smallest absolute Gasteiger partial charge is 0.413 e. The number of nitrogens with zero attached hydrogens (tertiary/aromatic N) is 2. The van der Waals surface area contributed by atoms with E-state index in [9.17, 15) is 9.59 Å². The number of pyridine rings is 1. The molecule has 2 saturated heterocycles. The molecule has 0 aliphatic carbocycles. The van der Waals surface area contributed by atoms with Crippen LogP contribution in [0.1, 0.15) is 36.8 Å². The Balaban J connectivity index is 1.17. The summed E-state index contributed by atoms with van der Waals surface area (Å²) in [4.78, 5) is 35.9. The first kappa shape index (κ1) is 25.6. The van der Waals surface area contributed by atoms with Crippen molar-refractivity contribution in [3.63, 3.8) is 0 Å². The summed E-state index contributed by atoms with van der Waals surface area (Å²) in [5.74, 6) is 0.799. The van der Waals surface area contributed by atoms with Crippen molar-refractivity contribution < 1.29 is 28.6 Å². The molecular weight excluding hydrogens is 464 g/mol. The van der Waals surface area contributed by atoms with Gasteiger partial charge in [0.05, 0.1) is 7.11 Å². The highest BCUT2D eigenvalue weighted by atomic mass is 16.8. The molecule has 0 saturated carbocycles. The lowest BCUT2D eigenvalue weighted by atomic mass is 10.2. The molecule has 36 heavy (non-hydrogen) atoms. The maximum absolute atomic E-state index is 12.3. The van der Waals surface area contributed by atoms with Crippen LogP contribution in [0, 0.1) is 0 Å². The zero-order valence-corrected chi connectivity index (χ0v) is 20.4. The van der Waals surface area contributed by atoms with Crippen molar-refractivity contribution in [2.75, 3.05) is 32.1 Å². The van der Waals surface area contributed by atoms with E-state index in [0.717, 1.165) is 50.1 Å². The van der Waals surface area contributed by atoms with Gasteiger partial charge in [-0.2, -0.15) is 0 Å². The van der Waals surface area contributed by atoms with Crippen molar-refractivity contribution in [3.8, 4) is 5.75 Å². The Kier molecular flexibility index (Phi) is 9.26. The molecule has 2 N–H and O–H groups in total. The molecule has 4 rings (SSSR count). The zero-order chi connectivity index (χ0) is 25.2. The molecule has 0 spiro atoms. The molecule has 2 aliphatic rings. The number of likely N-dealkylation sites (tertiary alicyclic amines) is 1. The fourth-order valence-corrected chi connectivity index (χ4v) is 4.06. The van der Waals surface area contributed by atoms with E-state index in [-0.39, 0.29) is 6.10 Å². The van der Waals surface area contributed by atoms with Gasteiger partial charge >= 0.3 is 6.09 Å². The highest BCUT2D eigenvalue weighted by molar-refractivity contribution is 5.91. The van der Waals surface area contributed by atoms with Crippen LogP contribution in [-0.2, 0) is 25.7 Å². The molecule has 1 aromatic carbocycles. The second-order valence-corrected chi connectivity index (χ2v) is 8.72. The van der Waals surface area contributed by atoms with Crippen LogP contribution >= 0.6 is 0 Å². The molecular formula is C26H32N4O6. The molecule has 3 heterocycles. The number of aromatic nitrogens is 1. The first-order chi connectivity index (χ1) is 17.6. The van der Waals surface area contributed by atoms with Gasteiger partial charge in [-0.3, -0.25) is 15.0 Å². The minimum atomic E-state index is -0.541. The first-order valence-corrected chi connectivity index (χ1v) is 12.1. The normalized spacial score (nSPS) is 20.2. The minimum absolute atomic E-state index is 0.183. The molecule has 2 fully saturated rings. The van der Waals surface area contributed by atoms with E-state index in [1.165, 1.54) is 6.08 Å². The summed E-state index contributed by atoms with van der Waals surface area (Å²) in [5, 5.41) is 2.65. The Morgan fingerprint density at radius 3 is 2.92 bits per heavy atom. The molecule has 10 heteroatoms. The number of nitrogens with one attached hydrogen (secondary N) is 2. The number of carbonyl (C=O) groups excluding carboxylic acids is 2. The van der Waals surface area contributed by atoms with Gasteiger partial charge in [-0.25, -0.2) is 20.1 Å². The summed E-state index contributed by atoms with van der Waals surface area (Å²) in [7, 11) is 1.65. The van der Waals surface area contributed by atoms with Crippen molar-refractivity contribution in [3.05, 3.63) is 59.8 Å². The third kappa shape index (κ3) is 8.04. The van der Waals surface area contributed by atoms with Crippen LogP contribution in [0.5, 0.6) is 5.75 Å². The molecule has 2 atom stereocenters. The Morgan fingerprint density at radius 2 is 2.14 bits per heavy atom. The number of hydrogen-bond acceptors (Lipinski definition) is 8. The Morgan fingerprint density at radius 1 is 1.22 bits per heavy atom. The quantitative estimate of drug-likeness (QED) is 0.401. The number of benzene rings is 1. The van der Waals surface area contributed by atoms with E-state index in [4.69, 9.17) is 19.0 Å². The predicted octanol–water partition coefficient (Wildman–Crippen LogP) is 3.50. The lowest BCUT2D eigenvalue weighted by molar-refractivity contribution is -0.198. The molecule has 0 radical (unpaired) electrons. The molecule has 1 unspecified atom stereocenters. The van der Waals surface area contributed by atoms with Gasteiger partial charge < -0.3 is 14.2 Å². The van der Waals surface area contributed by atoms with E-state index < -0.39 is 18.3 Å². The fraction of sp³-hybridized carbons (Fsp3) is 0.423. The number of carbonyl (C=O) groups is 2. The van der Waals surface area contributed by atoms with Crippen molar-refractivity contribution in [1.82, 2.24) is 15.4 Å². The Hall–Kier alpha value is -3.47. The SMILES string of the molecule is COc1cccc(CN2CC[C@@H](OC(=O)Nc3ccc(/C=C/C(=O)NOC4CCCCO4)cn3)C2)c1. The molecule has 2 aliphatic heterocycles. The number of hydroxylamine groups is 1. The van der Waals surface area contributed by atoms with Gasteiger partial charge in [0.15, 0.2) is 6.29 Å². The maximum atomic E-state index is 12.3. The highest BCUT2D eigenvalue weighted by Crippen LogP contribution is 2.19. The Bertz CT molecular complexity index is 1040. The number of rotatable bonds is 9. The van der Waals surface area contributed by atoms with Gasteiger partial charge in [0.2, 0.25) is 0 Å². The van der Waals surface area contributed by atoms with Crippen molar-refractivity contribution in [1.29, 1.82) is 0 Å². The lowest BCUT2D eigenvalue weighted by Crippen LogP contribution is -2.32. The molecule has 1 aromatic heterocycles. The number of amides is 2. The third-order valence-corrected chi connectivity index (χ3v) is 5.92. The molecule has 2 amide bonds. The number of methoxy groups -OCH3 is 1. The van der Waals surface area contributed by atoms with E-state index in [1.807, 2.05) is 18.2 Å². The molecule has 0 bridgehead atoms. The van der Waals surface area contributed by atoms with Gasteiger partial charge in [0.1, 0.15) is 17.7 Å². The van der Waals surface area contributed by atoms with Crippen LogP contribution in [0.4, 0.5) is 10.6 Å². The van der Waals surface area contributed by atoms with Gasteiger partial charge in [0.25, 0.3) is 5.91 Å². The van der Waals surface area contributed by atoms with Crippen LogP contribution < -0.4 is 15.5 Å². The molecule has 2 aromatic rings. The monoisotopic (exact) mass is 496 g/mol.